The molecule has 0 saturated heterocycles. The Kier molecular flexibility index (Phi) is 11.0. The molecule has 0 fully saturated rings. The summed E-state index contributed by atoms with van der Waals surface area (Å²) < 4.78 is 18.8. The molecule has 0 saturated carbocycles. The predicted octanol–water partition coefficient (Wildman–Crippen LogP) is 6.49. The van der Waals surface area contributed by atoms with E-state index < -0.39 is 45.1 Å². The van der Waals surface area contributed by atoms with Crippen molar-refractivity contribution < 1.29 is 33.7 Å². The van der Waals surface area contributed by atoms with Gasteiger partial charge in [-0.2, -0.15) is 0 Å². The number of alkyl halides is 1. The van der Waals surface area contributed by atoms with E-state index >= 15 is 0 Å². The zero-order valence-corrected chi connectivity index (χ0v) is 30.9. The Bertz CT molecular complexity index is 2130. The van der Waals surface area contributed by atoms with Crippen molar-refractivity contribution in [3.05, 3.63) is 101 Å². The Labute approximate surface area is 306 Å². The molecule has 3 atom stereocenters. The van der Waals surface area contributed by atoms with Gasteiger partial charge in [0.1, 0.15) is 44.3 Å². The molecule has 5 aromatic rings. The molecular formula is C36H37IN6O8. The third-order valence-electron chi connectivity index (χ3n) is 7.80. The molecule has 15 heteroatoms. The van der Waals surface area contributed by atoms with Crippen LogP contribution in [0, 0.1) is 12.8 Å². The van der Waals surface area contributed by atoms with Crippen molar-refractivity contribution in [2.24, 2.45) is 5.92 Å². The molecule has 3 unspecified atom stereocenters. The number of halogens is 1. The Hall–Kier alpha value is -5.45. The first-order valence-corrected chi connectivity index (χ1v) is 17.1. The number of methoxy groups -OCH3 is 1. The Morgan fingerprint density at radius 1 is 0.980 bits per heavy atom. The van der Waals surface area contributed by atoms with Crippen molar-refractivity contribution in [3.63, 3.8) is 0 Å². The number of aliphatic carboxylic acids is 1. The molecule has 2 aromatic carbocycles. The number of anilines is 1. The number of carbonyl (C=O) groups is 3. The quantitative estimate of drug-likeness (QED) is 0.0988. The van der Waals surface area contributed by atoms with E-state index in [9.17, 15) is 24.3 Å². The standard InChI is InChI=1S/C36H37IN6O8/c1-20(30(34(46)47)41-35(48)51-36(3,4)5)31(37)42-21(2)29(33(45)43(42)22-10-8-7-9-11-22)32(44)40-28-15-13-24(19-39-28)50-27-16-17-38-26-18-23(49-6)12-14-25(26)27/h7-20,30-31H,1-6H3,(H,41,48)(H,46,47)(H,39,40,44). The summed E-state index contributed by atoms with van der Waals surface area (Å²) in [6.07, 6.45) is 2.17. The number of carboxylic acid groups (broad SMARTS) is 1. The highest BCUT2D eigenvalue weighted by atomic mass is 127. The Balaban J connectivity index is 1.42. The first-order chi connectivity index (χ1) is 24.2. The molecular weight excluding hydrogens is 771 g/mol. The summed E-state index contributed by atoms with van der Waals surface area (Å²) in [7, 11) is 1.58. The molecule has 0 aliphatic rings. The van der Waals surface area contributed by atoms with Crippen LogP contribution in [0.3, 0.4) is 0 Å². The minimum atomic E-state index is -1.39. The number of aromatic nitrogens is 4. The van der Waals surface area contributed by atoms with Crippen molar-refractivity contribution in [3.8, 4) is 22.9 Å². The van der Waals surface area contributed by atoms with Gasteiger partial charge in [-0.1, -0.05) is 47.7 Å². The number of pyridine rings is 2. The summed E-state index contributed by atoms with van der Waals surface area (Å²) in [6.45, 7) is 8.24. The highest BCUT2D eigenvalue weighted by Gasteiger charge is 2.37. The topological polar surface area (TPSA) is 176 Å². The lowest BCUT2D eigenvalue weighted by Gasteiger charge is -2.30. The molecule has 0 spiro atoms. The fraction of sp³-hybridized carbons (Fsp3) is 0.278. The average Bonchev–Trinajstić information content (AvgIpc) is 3.35. The second kappa shape index (κ2) is 15.2. The van der Waals surface area contributed by atoms with Crippen LogP contribution in [-0.4, -0.2) is 61.2 Å². The number of hydrogen-bond donors (Lipinski definition) is 3. The predicted molar refractivity (Wildman–Crippen MR) is 198 cm³/mol. The summed E-state index contributed by atoms with van der Waals surface area (Å²) >= 11 is 2.01. The van der Waals surface area contributed by atoms with Gasteiger partial charge in [-0.05, 0) is 70.2 Å². The van der Waals surface area contributed by atoms with Gasteiger partial charge in [-0.15, -0.1) is 0 Å². The maximum atomic E-state index is 14.0. The van der Waals surface area contributed by atoms with Gasteiger partial charge in [0, 0.05) is 23.6 Å². The van der Waals surface area contributed by atoms with Gasteiger partial charge in [-0.3, -0.25) is 19.3 Å². The van der Waals surface area contributed by atoms with Gasteiger partial charge in [0.05, 0.1) is 30.2 Å². The lowest BCUT2D eigenvalue weighted by molar-refractivity contribution is -0.141. The maximum Gasteiger partial charge on any atom is 0.408 e. The van der Waals surface area contributed by atoms with Crippen molar-refractivity contribution in [1.29, 1.82) is 0 Å². The van der Waals surface area contributed by atoms with E-state index in [1.807, 2.05) is 28.7 Å². The molecule has 0 aliphatic carbocycles. The van der Waals surface area contributed by atoms with Gasteiger partial charge in [-0.25, -0.2) is 19.3 Å². The number of alkyl carbamates (subject to hydrolysis) is 1. The summed E-state index contributed by atoms with van der Waals surface area (Å²) in [5.74, 6) is -1.01. The second-order valence-electron chi connectivity index (χ2n) is 12.6. The van der Waals surface area contributed by atoms with Crippen LogP contribution in [0.4, 0.5) is 10.6 Å². The molecule has 51 heavy (non-hydrogen) atoms. The highest BCUT2D eigenvalue weighted by molar-refractivity contribution is 14.1. The minimum Gasteiger partial charge on any atom is -0.497 e. The normalized spacial score (nSPS) is 13.2. The van der Waals surface area contributed by atoms with Gasteiger partial charge in [0.25, 0.3) is 11.5 Å². The average molecular weight is 809 g/mol. The number of benzene rings is 2. The van der Waals surface area contributed by atoms with Crippen molar-refractivity contribution in [2.75, 3.05) is 12.4 Å². The number of nitrogens with one attached hydrogen (secondary N) is 2. The van der Waals surface area contributed by atoms with Crippen LogP contribution in [0.1, 0.15) is 47.8 Å². The van der Waals surface area contributed by atoms with Gasteiger partial charge < -0.3 is 30.0 Å². The number of para-hydroxylation sites is 1. The smallest absolute Gasteiger partial charge is 0.408 e. The van der Waals surface area contributed by atoms with Crippen LogP contribution in [0.2, 0.25) is 0 Å². The third-order valence-corrected chi connectivity index (χ3v) is 9.46. The fourth-order valence-corrected chi connectivity index (χ4v) is 6.44. The van der Waals surface area contributed by atoms with Crippen LogP contribution >= 0.6 is 22.6 Å². The van der Waals surface area contributed by atoms with Crippen LogP contribution in [0.5, 0.6) is 17.2 Å². The van der Waals surface area contributed by atoms with Crippen molar-refractivity contribution >= 4 is 57.3 Å². The zero-order chi connectivity index (χ0) is 37.0. The number of rotatable bonds is 11. The lowest BCUT2D eigenvalue weighted by atomic mass is 10.0. The SMILES string of the molecule is COc1ccc2c(Oc3ccc(NC(=O)c4c(C)n(C(I)C(C)C(NC(=O)OC(C)(C)C)C(=O)O)n(-c5ccccc5)c4=O)nc3)ccnc2c1. The molecule has 0 radical (unpaired) electrons. The largest absolute Gasteiger partial charge is 0.497 e. The maximum absolute atomic E-state index is 14.0. The zero-order valence-electron chi connectivity index (χ0n) is 28.7. The van der Waals surface area contributed by atoms with E-state index in [4.69, 9.17) is 14.2 Å². The molecule has 3 N–H and O–H groups in total. The molecule has 3 aromatic heterocycles. The van der Waals surface area contributed by atoms with Gasteiger partial charge in [0.15, 0.2) is 0 Å². The van der Waals surface area contributed by atoms with Gasteiger partial charge >= 0.3 is 12.1 Å². The number of nitrogens with zero attached hydrogens (tertiary/aromatic N) is 4. The molecule has 0 aliphatic heterocycles. The number of hydrogen-bond acceptors (Lipinski definition) is 9. The monoisotopic (exact) mass is 808 g/mol. The van der Waals surface area contributed by atoms with Crippen molar-refractivity contribution in [2.45, 2.75) is 50.3 Å². The molecule has 14 nitrogen and oxygen atoms in total. The Morgan fingerprint density at radius 2 is 1.69 bits per heavy atom. The van der Waals surface area contributed by atoms with Gasteiger partial charge in [0.2, 0.25) is 0 Å². The number of fused-ring (bicyclic) bond motifs is 1. The molecule has 0 bridgehead atoms. The summed E-state index contributed by atoms with van der Waals surface area (Å²) in [5, 5.41) is 16.0. The number of ether oxygens (including phenoxy) is 3. The van der Waals surface area contributed by atoms with E-state index in [1.54, 1.807) is 113 Å². The van der Waals surface area contributed by atoms with E-state index in [2.05, 4.69) is 20.6 Å². The second-order valence-corrected chi connectivity index (χ2v) is 13.9. The van der Waals surface area contributed by atoms with Crippen LogP contribution < -0.4 is 25.7 Å². The minimum absolute atomic E-state index is 0.166. The van der Waals surface area contributed by atoms with Crippen molar-refractivity contribution in [1.82, 2.24) is 24.6 Å². The molecule has 5 rings (SSSR count). The van der Waals surface area contributed by atoms with E-state index in [1.165, 1.54) is 10.9 Å². The van der Waals surface area contributed by atoms with E-state index in [0.29, 0.717) is 28.5 Å². The number of carboxylic acids is 1. The van der Waals surface area contributed by atoms with E-state index in [0.717, 1.165) is 5.39 Å². The van der Waals surface area contributed by atoms with Crippen LogP contribution in [0.15, 0.2) is 83.9 Å². The molecule has 3 heterocycles. The Morgan fingerprint density at radius 3 is 2.31 bits per heavy atom. The number of carbonyl (C=O) groups excluding carboxylic acids is 2. The summed E-state index contributed by atoms with van der Waals surface area (Å²) in [5.41, 5.74) is -0.229. The van der Waals surface area contributed by atoms with Crippen LogP contribution in [-0.2, 0) is 9.53 Å². The number of amides is 2. The first kappa shape index (κ1) is 36.8. The first-order valence-electron chi connectivity index (χ1n) is 15.8. The van der Waals surface area contributed by atoms with Crippen LogP contribution in [0.25, 0.3) is 16.6 Å². The third kappa shape index (κ3) is 8.30. The molecule has 2 amide bonds. The lowest BCUT2D eigenvalue weighted by Crippen LogP contribution is -2.48. The summed E-state index contributed by atoms with van der Waals surface area (Å²) in [4.78, 5) is 61.4. The highest BCUT2D eigenvalue weighted by Crippen LogP contribution is 2.33. The van der Waals surface area contributed by atoms with E-state index in [-0.39, 0.29) is 17.1 Å². The summed E-state index contributed by atoms with van der Waals surface area (Å²) in [6, 6.07) is 17.6. The fourth-order valence-electron chi connectivity index (χ4n) is 5.36. The molecule has 266 valence electrons.